The highest BCUT2D eigenvalue weighted by atomic mass is 16.5. The molecule has 0 fully saturated rings. The van der Waals surface area contributed by atoms with E-state index in [0.717, 1.165) is 76.9 Å². The molecule has 0 radical (unpaired) electrons. The lowest BCUT2D eigenvalue weighted by molar-refractivity contribution is 0.145. The number of guanidine groups is 1. The molecule has 0 spiro atoms. The van der Waals surface area contributed by atoms with Crippen LogP contribution in [0.1, 0.15) is 38.1 Å². The first-order valence-corrected chi connectivity index (χ1v) is 10.3. The second-order valence-corrected chi connectivity index (χ2v) is 6.52. The zero-order valence-electron chi connectivity index (χ0n) is 17.2. The van der Waals surface area contributed by atoms with Crippen LogP contribution in [0.25, 0.3) is 0 Å². The zero-order chi connectivity index (χ0) is 19.9. The molecule has 1 aromatic carbocycles. The van der Waals surface area contributed by atoms with E-state index in [1.165, 1.54) is 5.56 Å². The Bertz CT molecular complexity index is 671. The minimum absolute atomic E-state index is 0.761. The average molecular weight is 387 g/mol. The second-order valence-electron chi connectivity index (χ2n) is 6.52. The standard InChI is InChI=1S/C21H34N6O/c1-3-20-26-25-18-27(20)16-15-24-21(23-14-9-17-28-4-2)22-13-8-12-19-10-6-5-7-11-19/h5-7,10-11,18H,3-4,8-9,12-17H2,1-2H3,(H2,22,23,24). The molecule has 0 saturated carbocycles. The Kier molecular flexibility index (Phi) is 10.7. The first-order chi connectivity index (χ1) is 13.8. The van der Waals surface area contributed by atoms with Crippen LogP contribution >= 0.6 is 0 Å². The topological polar surface area (TPSA) is 76.4 Å². The van der Waals surface area contributed by atoms with Gasteiger partial charge in [0.05, 0.1) is 0 Å². The van der Waals surface area contributed by atoms with E-state index in [-0.39, 0.29) is 0 Å². The molecule has 0 aliphatic heterocycles. The van der Waals surface area contributed by atoms with Gasteiger partial charge in [-0.1, -0.05) is 37.3 Å². The molecule has 2 aromatic rings. The molecule has 0 amide bonds. The van der Waals surface area contributed by atoms with Crippen LogP contribution in [0, 0.1) is 0 Å². The van der Waals surface area contributed by atoms with E-state index in [2.05, 4.69) is 62.7 Å². The number of hydrogen-bond acceptors (Lipinski definition) is 4. The number of aliphatic imine (C=N–C) groups is 1. The lowest BCUT2D eigenvalue weighted by atomic mass is 10.1. The zero-order valence-corrected chi connectivity index (χ0v) is 17.2. The molecule has 0 aliphatic carbocycles. The highest BCUT2D eigenvalue weighted by molar-refractivity contribution is 5.79. The quantitative estimate of drug-likeness (QED) is 0.314. The number of nitrogens with zero attached hydrogens (tertiary/aromatic N) is 4. The van der Waals surface area contributed by atoms with Gasteiger partial charge in [-0.2, -0.15) is 0 Å². The normalized spacial score (nSPS) is 11.6. The summed E-state index contributed by atoms with van der Waals surface area (Å²) in [5.74, 6) is 1.86. The number of aromatic nitrogens is 3. The van der Waals surface area contributed by atoms with Gasteiger partial charge in [0, 0.05) is 45.8 Å². The minimum Gasteiger partial charge on any atom is -0.382 e. The maximum Gasteiger partial charge on any atom is 0.191 e. The molecule has 0 saturated heterocycles. The van der Waals surface area contributed by atoms with Crippen LogP contribution in [-0.2, 0) is 24.1 Å². The molecule has 28 heavy (non-hydrogen) atoms. The maximum atomic E-state index is 5.40. The molecule has 1 heterocycles. The third-order valence-corrected chi connectivity index (χ3v) is 4.36. The summed E-state index contributed by atoms with van der Waals surface area (Å²) >= 11 is 0. The van der Waals surface area contributed by atoms with Crippen molar-refractivity contribution in [2.24, 2.45) is 4.99 Å². The Balaban J connectivity index is 1.77. The third-order valence-electron chi connectivity index (χ3n) is 4.36. The van der Waals surface area contributed by atoms with Crippen LogP contribution in [0.15, 0.2) is 41.7 Å². The number of benzene rings is 1. The van der Waals surface area contributed by atoms with Gasteiger partial charge in [0.25, 0.3) is 0 Å². The van der Waals surface area contributed by atoms with Gasteiger partial charge < -0.3 is 19.9 Å². The maximum absolute atomic E-state index is 5.40. The summed E-state index contributed by atoms with van der Waals surface area (Å²) in [7, 11) is 0. The number of hydrogen-bond donors (Lipinski definition) is 2. The van der Waals surface area contributed by atoms with Gasteiger partial charge in [0.1, 0.15) is 12.2 Å². The summed E-state index contributed by atoms with van der Waals surface area (Å²) in [6.07, 6.45) is 5.70. The first-order valence-electron chi connectivity index (χ1n) is 10.3. The van der Waals surface area contributed by atoms with Crippen molar-refractivity contribution in [2.75, 3.05) is 32.8 Å². The summed E-state index contributed by atoms with van der Waals surface area (Å²) in [6, 6.07) is 10.6. The Morgan fingerprint density at radius 3 is 2.71 bits per heavy atom. The van der Waals surface area contributed by atoms with Crippen molar-refractivity contribution >= 4 is 5.96 Å². The van der Waals surface area contributed by atoms with Crippen molar-refractivity contribution in [3.8, 4) is 0 Å². The monoisotopic (exact) mass is 386 g/mol. The number of rotatable bonds is 13. The van der Waals surface area contributed by atoms with Gasteiger partial charge in [0.15, 0.2) is 5.96 Å². The van der Waals surface area contributed by atoms with Crippen LogP contribution in [0.3, 0.4) is 0 Å². The summed E-state index contributed by atoms with van der Waals surface area (Å²) in [4.78, 5) is 4.73. The summed E-state index contributed by atoms with van der Waals surface area (Å²) in [6.45, 7) is 8.88. The molecule has 0 atom stereocenters. The predicted octanol–water partition coefficient (Wildman–Crippen LogP) is 2.44. The lowest BCUT2D eigenvalue weighted by Crippen LogP contribution is -2.40. The molecular formula is C21H34N6O. The smallest absolute Gasteiger partial charge is 0.191 e. The van der Waals surface area contributed by atoms with Crippen LogP contribution in [0.4, 0.5) is 0 Å². The van der Waals surface area contributed by atoms with E-state index in [9.17, 15) is 0 Å². The molecule has 7 nitrogen and oxygen atoms in total. The Labute approximate surface area is 168 Å². The van der Waals surface area contributed by atoms with Gasteiger partial charge in [-0.15, -0.1) is 10.2 Å². The number of ether oxygens (including phenoxy) is 1. The summed E-state index contributed by atoms with van der Waals surface area (Å²) in [5.41, 5.74) is 1.36. The number of aryl methyl sites for hydroxylation is 2. The molecule has 1 aromatic heterocycles. The molecule has 7 heteroatoms. The van der Waals surface area contributed by atoms with Gasteiger partial charge in [-0.25, -0.2) is 0 Å². The van der Waals surface area contributed by atoms with E-state index in [1.807, 2.05) is 6.92 Å². The fraction of sp³-hybridized carbons (Fsp3) is 0.571. The van der Waals surface area contributed by atoms with Crippen molar-refractivity contribution in [1.29, 1.82) is 0 Å². The van der Waals surface area contributed by atoms with Gasteiger partial charge in [-0.3, -0.25) is 4.99 Å². The molecule has 2 N–H and O–H groups in total. The fourth-order valence-electron chi connectivity index (χ4n) is 2.85. The first kappa shape index (κ1) is 21.9. The van der Waals surface area contributed by atoms with E-state index >= 15 is 0 Å². The van der Waals surface area contributed by atoms with Crippen LogP contribution < -0.4 is 10.6 Å². The number of nitrogens with one attached hydrogen (secondary N) is 2. The van der Waals surface area contributed by atoms with Gasteiger partial charge >= 0.3 is 0 Å². The van der Waals surface area contributed by atoms with Gasteiger partial charge in [-0.05, 0) is 31.7 Å². The Hall–Kier alpha value is -2.41. The van der Waals surface area contributed by atoms with E-state index < -0.39 is 0 Å². The molecule has 0 unspecified atom stereocenters. The molecule has 0 aliphatic rings. The van der Waals surface area contributed by atoms with Crippen molar-refractivity contribution in [1.82, 2.24) is 25.4 Å². The summed E-state index contributed by atoms with van der Waals surface area (Å²) in [5, 5.41) is 14.9. The van der Waals surface area contributed by atoms with Crippen molar-refractivity contribution in [3.05, 3.63) is 48.0 Å². The molecule has 0 bridgehead atoms. The lowest BCUT2D eigenvalue weighted by Gasteiger charge is -2.13. The minimum atomic E-state index is 0.761. The molecule has 154 valence electrons. The highest BCUT2D eigenvalue weighted by Gasteiger charge is 2.03. The van der Waals surface area contributed by atoms with E-state index in [1.54, 1.807) is 6.33 Å². The fourth-order valence-corrected chi connectivity index (χ4v) is 2.85. The van der Waals surface area contributed by atoms with Crippen molar-refractivity contribution in [3.63, 3.8) is 0 Å². The van der Waals surface area contributed by atoms with Crippen LogP contribution in [0.2, 0.25) is 0 Å². The van der Waals surface area contributed by atoms with E-state index in [4.69, 9.17) is 9.73 Å². The van der Waals surface area contributed by atoms with Crippen molar-refractivity contribution < 1.29 is 4.74 Å². The highest BCUT2D eigenvalue weighted by Crippen LogP contribution is 2.02. The SMILES string of the molecule is CCOCCCNC(=NCCCc1ccccc1)NCCn1cnnc1CC. The van der Waals surface area contributed by atoms with Crippen LogP contribution in [-0.4, -0.2) is 53.6 Å². The van der Waals surface area contributed by atoms with Crippen LogP contribution in [0.5, 0.6) is 0 Å². The Morgan fingerprint density at radius 1 is 1.11 bits per heavy atom. The second kappa shape index (κ2) is 13.7. The van der Waals surface area contributed by atoms with Crippen molar-refractivity contribution in [2.45, 2.75) is 46.1 Å². The van der Waals surface area contributed by atoms with E-state index in [0.29, 0.717) is 0 Å². The molecule has 2 rings (SSSR count). The largest absolute Gasteiger partial charge is 0.382 e. The third kappa shape index (κ3) is 8.52. The molecular weight excluding hydrogens is 352 g/mol. The average Bonchev–Trinajstić information content (AvgIpc) is 3.18. The van der Waals surface area contributed by atoms with Gasteiger partial charge in [0.2, 0.25) is 0 Å². The Morgan fingerprint density at radius 2 is 1.93 bits per heavy atom. The predicted molar refractivity (Wildman–Crippen MR) is 114 cm³/mol. The summed E-state index contributed by atoms with van der Waals surface area (Å²) < 4.78 is 7.48.